The first-order valence-electron chi connectivity index (χ1n) is 12.8. The van der Waals surface area contributed by atoms with Gasteiger partial charge in [-0.3, -0.25) is 0 Å². The summed E-state index contributed by atoms with van der Waals surface area (Å²) in [6, 6.07) is 5.55. The van der Waals surface area contributed by atoms with Crippen LogP contribution in [-0.2, 0) is 10.3 Å². The van der Waals surface area contributed by atoms with E-state index < -0.39 is 11.1 Å². The van der Waals surface area contributed by atoms with Crippen molar-refractivity contribution < 1.29 is 14.3 Å². The molecule has 2 atom stereocenters. The molecule has 36 heavy (non-hydrogen) atoms. The van der Waals surface area contributed by atoms with Crippen molar-refractivity contribution in [1.29, 1.82) is 0 Å². The Morgan fingerprint density at radius 2 is 1.86 bits per heavy atom. The van der Waals surface area contributed by atoms with Crippen molar-refractivity contribution in [2.24, 2.45) is 11.7 Å². The van der Waals surface area contributed by atoms with Gasteiger partial charge < -0.3 is 20.5 Å². The summed E-state index contributed by atoms with van der Waals surface area (Å²) in [5.74, 6) is 1.91. The molecule has 3 aliphatic rings. The smallest absolute Gasteiger partial charge is 0.340 e. The zero-order valence-electron chi connectivity index (χ0n) is 21.5. The number of ether oxygens (including phenoxy) is 2. The summed E-state index contributed by atoms with van der Waals surface area (Å²) in [7, 11) is 0. The number of esters is 1. The van der Waals surface area contributed by atoms with Crippen LogP contribution in [-0.4, -0.2) is 32.1 Å². The first-order chi connectivity index (χ1) is 17.0. The Hall–Kier alpha value is -3.26. The van der Waals surface area contributed by atoms with Gasteiger partial charge in [-0.15, -0.1) is 0 Å². The number of fused-ring (bicyclic) bond motifs is 2. The molecule has 3 N–H and O–H groups in total. The second-order valence-corrected chi connectivity index (χ2v) is 11.7. The lowest BCUT2D eigenvalue weighted by molar-refractivity contribution is -0.0189. The van der Waals surface area contributed by atoms with Gasteiger partial charge in [0.1, 0.15) is 22.8 Å². The van der Waals surface area contributed by atoms with Crippen LogP contribution in [0.25, 0.3) is 10.8 Å². The number of anilines is 2. The number of carbonyl (C=O) groups excluding carboxylic acids is 1. The van der Waals surface area contributed by atoms with Crippen LogP contribution < -0.4 is 15.8 Å². The summed E-state index contributed by atoms with van der Waals surface area (Å²) < 4.78 is 11.9. The van der Waals surface area contributed by atoms with Crippen LogP contribution >= 0.6 is 0 Å². The quantitative estimate of drug-likeness (QED) is 0.448. The van der Waals surface area contributed by atoms with Gasteiger partial charge in [-0.25, -0.2) is 19.7 Å². The molecule has 188 valence electrons. The van der Waals surface area contributed by atoms with E-state index in [-0.39, 0.29) is 17.5 Å². The molecule has 3 aromatic heterocycles. The predicted octanol–water partition coefficient (Wildman–Crippen LogP) is 5.34. The molecular formula is C28H33N5O3. The third-order valence-electron chi connectivity index (χ3n) is 8.25. The van der Waals surface area contributed by atoms with Crippen LogP contribution in [0, 0.1) is 5.92 Å². The fraction of sp³-hybridized carbons (Fsp3) is 0.500. The SMILES string of the molecule is C[C@@H]1c2nc(Nc3cc4c([C@@](C)(N)C5CC5)cnc(OC5(C)CC5)c4cn3)ccc2C(=O)OC1(C)C. The molecule has 8 heteroatoms. The summed E-state index contributed by atoms with van der Waals surface area (Å²) in [6.45, 7) is 10.0. The molecule has 0 bridgehead atoms. The van der Waals surface area contributed by atoms with Gasteiger partial charge in [0, 0.05) is 23.9 Å². The van der Waals surface area contributed by atoms with Gasteiger partial charge in [-0.2, -0.15) is 0 Å². The van der Waals surface area contributed by atoms with Crippen molar-refractivity contribution in [3.8, 4) is 5.88 Å². The highest BCUT2D eigenvalue weighted by Gasteiger charge is 2.43. The van der Waals surface area contributed by atoms with Crippen LogP contribution in [0.1, 0.15) is 87.8 Å². The highest BCUT2D eigenvalue weighted by Crippen LogP contribution is 2.47. The van der Waals surface area contributed by atoms with E-state index in [1.54, 1.807) is 18.3 Å². The maximum atomic E-state index is 12.5. The van der Waals surface area contributed by atoms with Crippen LogP contribution in [0.5, 0.6) is 5.88 Å². The van der Waals surface area contributed by atoms with Crippen LogP contribution in [0.3, 0.4) is 0 Å². The van der Waals surface area contributed by atoms with E-state index in [1.807, 2.05) is 33.0 Å². The van der Waals surface area contributed by atoms with Crippen molar-refractivity contribution in [2.75, 3.05) is 5.32 Å². The van der Waals surface area contributed by atoms with Gasteiger partial charge in [0.2, 0.25) is 5.88 Å². The van der Waals surface area contributed by atoms with E-state index in [2.05, 4.69) is 29.1 Å². The number of nitrogens with zero attached hydrogens (tertiary/aromatic N) is 3. The second kappa shape index (κ2) is 7.62. The number of rotatable bonds is 6. The Kier molecular flexibility index (Phi) is 4.90. The summed E-state index contributed by atoms with van der Waals surface area (Å²) in [5, 5.41) is 5.18. The maximum Gasteiger partial charge on any atom is 0.340 e. The van der Waals surface area contributed by atoms with Crippen molar-refractivity contribution in [3.63, 3.8) is 0 Å². The average molecular weight is 488 g/mol. The fourth-order valence-corrected chi connectivity index (χ4v) is 4.99. The molecule has 2 saturated carbocycles. The van der Waals surface area contributed by atoms with Crippen molar-refractivity contribution in [2.45, 2.75) is 83.0 Å². The van der Waals surface area contributed by atoms with Gasteiger partial charge in [0.05, 0.1) is 16.6 Å². The Labute approximate surface area is 211 Å². The lowest BCUT2D eigenvalue weighted by Gasteiger charge is -2.36. The Morgan fingerprint density at radius 1 is 1.11 bits per heavy atom. The Bertz CT molecular complexity index is 1390. The van der Waals surface area contributed by atoms with Gasteiger partial charge in [0.15, 0.2) is 0 Å². The molecule has 2 aliphatic carbocycles. The number of carbonyl (C=O) groups is 1. The van der Waals surface area contributed by atoms with Crippen LogP contribution in [0.4, 0.5) is 11.6 Å². The minimum absolute atomic E-state index is 0.0471. The van der Waals surface area contributed by atoms with E-state index in [4.69, 9.17) is 20.2 Å². The van der Waals surface area contributed by atoms with Crippen molar-refractivity contribution >= 4 is 28.4 Å². The molecule has 4 heterocycles. The molecule has 0 amide bonds. The predicted molar refractivity (Wildman–Crippen MR) is 137 cm³/mol. The van der Waals surface area contributed by atoms with Gasteiger partial charge in [0.25, 0.3) is 0 Å². The number of hydrogen-bond acceptors (Lipinski definition) is 8. The fourth-order valence-electron chi connectivity index (χ4n) is 4.99. The molecule has 0 radical (unpaired) electrons. The van der Waals surface area contributed by atoms with E-state index in [0.717, 1.165) is 47.7 Å². The molecule has 6 rings (SSSR count). The topological polar surface area (TPSA) is 112 Å². The van der Waals surface area contributed by atoms with Gasteiger partial charge in [-0.05, 0) is 88.4 Å². The summed E-state index contributed by atoms with van der Waals surface area (Å²) in [5.41, 5.74) is 7.82. The van der Waals surface area contributed by atoms with E-state index >= 15 is 0 Å². The summed E-state index contributed by atoms with van der Waals surface area (Å²) >= 11 is 0. The number of nitrogens with two attached hydrogens (primary N) is 1. The zero-order valence-corrected chi connectivity index (χ0v) is 21.5. The van der Waals surface area contributed by atoms with Crippen molar-refractivity contribution in [3.05, 3.63) is 47.4 Å². The highest BCUT2D eigenvalue weighted by atomic mass is 16.6. The normalized spacial score (nSPS) is 23.4. The van der Waals surface area contributed by atoms with E-state index in [0.29, 0.717) is 29.0 Å². The number of pyridine rings is 3. The van der Waals surface area contributed by atoms with Crippen molar-refractivity contribution in [1.82, 2.24) is 15.0 Å². The highest BCUT2D eigenvalue weighted by molar-refractivity contribution is 5.93. The monoisotopic (exact) mass is 487 g/mol. The third kappa shape index (κ3) is 3.88. The number of nitrogens with one attached hydrogen (secondary N) is 1. The molecule has 8 nitrogen and oxygen atoms in total. The van der Waals surface area contributed by atoms with Crippen LogP contribution in [0.15, 0.2) is 30.6 Å². The minimum atomic E-state index is -0.623. The molecule has 2 fully saturated rings. The van der Waals surface area contributed by atoms with Crippen LogP contribution in [0.2, 0.25) is 0 Å². The molecule has 1 aliphatic heterocycles. The first-order valence-corrected chi connectivity index (χ1v) is 12.8. The summed E-state index contributed by atoms with van der Waals surface area (Å²) in [4.78, 5) is 26.6. The second-order valence-electron chi connectivity index (χ2n) is 11.7. The zero-order chi connectivity index (χ0) is 25.5. The third-order valence-corrected chi connectivity index (χ3v) is 8.25. The van der Waals surface area contributed by atoms with E-state index in [1.165, 1.54) is 0 Å². The number of cyclic esters (lactones) is 1. The molecule has 0 saturated heterocycles. The Balaban J connectivity index is 1.40. The molecule has 0 aromatic carbocycles. The summed E-state index contributed by atoms with van der Waals surface area (Å²) in [6.07, 6.45) is 7.97. The van der Waals surface area contributed by atoms with E-state index in [9.17, 15) is 4.79 Å². The van der Waals surface area contributed by atoms with Gasteiger partial charge in [-0.1, -0.05) is 6.92 Å². The molecule has 3 aromatic rings. The molecule has 0 unspecified atom stereocenters. The first kappa shape index (κ1) is 23.2. The molecular weight excluding hydrogens is 454 g/mol. The average Bonchev–Trinajstić information content (AvgIpc) is 3.74. The molecule has 0 spiro atoms. The number of hydrogen-bond donors (Lipinski definition) is 2. The number of aromatic nitrogens is 3. The minimum Gasteiger partial charge on any atom is -0.471 e. The standard InChI is InChI=1S/C28H33N5O3/c1-15-23-17(25(34)36-26(15,2)3)8-9-21(33-23)32-22-12-18-19(13-30-22)24(35-27(4)10-11-27)31-14-20(18)28(5,29)16-6-7-16/h8-9,12-16H,6-7,10-11,29H2,1-5H3,(H,30,32,33)/t15-,28+/m1/s1. The lowest BCUT2D eigenvalue weighted by atomic mass is 9.84. The van der Waals surface area contributed by atoms with Gasteiger partial charge >= 0.3 is 5.97 Å². The maximum absolute atomic E-state index is 12.5. The largest absolute Gasteiger partial charge is 0.471 e. The lowest BCUT2D eigenvalue weighted by Crippen LogP contribution is -2.39. The Morgan fingerprint density at radius 3 is 2.56 bits per heavy atom.